The van der Waals surface area contributed by atoms with Gasteiger partial charge in [0.1, 0.15) is 12.4 Å². The van der Waals surface area contributed by atoms with Gasteiger partial charge >= 0.3 is 0 Å². The van der Waals surface area contributed by atoms with Crippen LogP contribution in [0.15, 0.2) is 77.6 Å². The Labute approximate surface area is 171 Å². The highest BCUT2D eigenvalue weighted by molar-refractivity contribution is 7.15. The van der Waals surface area contributed by atoms with E-state index in [0.717, 1.165) is 32.9 Å². The second kappa shape index (κ2) is 7.18. The molecule has 2 heterocycles. The molecule has 0 saturated heterocycles. The molecule has 3 aromatic carbocycles. The van der Waals surface area contributed by atoms with E-state index < -0.39 is 0 Å². The Morgan fingerprint density at radius 3 is 2.69 bits per heavy atom. The van der Waals surface area contributed by atoms with Crippen LogP contribution < -0.4 is 14.8 Å². The molecule has 0 aliphatic heterocycles. The number of hydrogen-bond acceptors (Lipinski definition) is 4. The third-order valence-electron chi connectivity index (χ3n) is 4.81. The predicted molar refractivity (Wildman–Crippen MR) is 118 cm³/mol. The highest BCUT2D eigenvalue weighted by Gasteiger charge is 2.10. The first-order chi connectivity index (χ1) is 14.2. The lowest BCUT2D eigenvalue weighted by molar-refractivity contribution is 0.306. The molecule has 0 N–H and O–H groups in total. The van der Waals surface area contributed by atoms with Crippen molar-refractivity contribution in [2.75, 3.05) is 0 Å². The fourth-order valence-electron chi connectivity index (χ4n) is 3.39. The molecule has 0 atom stereocenters. The van der Waals surface area contributed by atoms with Crippen LogP contribution in [0.5, 0.6) is 5.75 Å². The number of ether oxygens (including phenoxy) is 1. The summed E-state index contributed by atoms with van der Waals surface area (Å²) in [6, 6.07) is 23.8. The number of fused-ring (bicyclic) bond motifs is 3. The quantitative estimate of drug-likeness (QED) is 0.452. The number of benzene rings is 3. The van der Waals surface area contributed by atoms with Gasteiger partial charge in [-0.15, -0.1) is 0 Å². The van der Waals surface area contributed by atoms with Gasteiger partial charge in [-0.25, -0.2) is 9.38 Å². The molecule has 2 aromatic heterocycles. The molecule has 0 saturated carbocycles. The van der Waals surface area contributed by atoms with Crippen molar-refractivity contribution < 1.29 is 4.74 Å². The monoisotopic (exact) mass is 398 g/mol. The molecule has 5 heteroatoms. The van der Waals surface area contributed by atoms with Crippen molar-refractivity contribution >= 4 is 33.4 Å². The lowest BCUT2D eigenvalue weighted by atomic mass is 10.1. The maximum absolute atomic E-state index is 12.8. The zero-order valence-electron chi connectivity index (χ0n) is 15.8. The molecule has 0 unspecified atom stereocenters. The molecular formula is C24H18N2O2S. The van der Waals surface area contributed by atoms with Gasteiger partial charge in [-0.05, 0) is 48.4 Å². The number of imidazole rings is 1. The number of aryl methyl sites for hydroxylation is 1. The molecule has 5 rings (SSSR count). The molecular weight excluding hydrogens is 380 g/mol. The van der Waals surface area contributed by atoms with Gasteiger partial charge in [0.15, 0.2) is 4.96 Å². The van der Waals surface area contributed by atoms with Crippen LogP contribution >= 0.6 is 11.3 Å². The van der Waals surface area contributed by atoms with E-state index in [1.54, 1.807) is 4.40 Å². The summed E-state index contributed by atoms with van der Waals surface area (Å²) in [5.41, 5.74) is 4.99. The summed E-state index contributed by atoms with van der Waals surface area (Å²) in [5, 5.41) is 0. The van der Waals surface area contributed by atoms with Crippen molar-refractivity contribution in [2.45, 2.75) is 13.5 Å². The Morgan fingerprint density at radius 2 is 1.86 bits per heavy atom. The normalized spacial score (nSPS) is 12.1. The van der Waals surface area contributed by atoms with Crippen LogP contribution in [0.25, 0.3) is 22.1 Å². The number of rotatable bonds is 4. The van der Waals surface area contributed by atoms with Crippen molar-refractivity contribution in [1.82, 2.24) is 9.38 Å². The Kier molecular flexibility index (Phi) is 4.37. The van der Waals surface area contributed by atoms with Gasteiger partial charge in [0.25, 0.3) is 5.56 Å². The first kappa shape index (κ1) is 17.6. The summed E-state index contributed by atoms with van der Waals surface area (Å²) >= 11 is 1.41. The SMILES string of the molecule is Cc1cccc(COc2ccc(/C=c3\sc4nc5ccccc5n4c3=O)cc2)c1. The fourth-order valence-corrected chi connectivity index (χ4v) is 4.38. The Hall–Kier alpha value is -3.44. The molecule has 5 aromatic rings. The van der Waals surface area contributed by atoms with Crippen molar-refractivity contribution in [2.24, 2.45) is 0 Å². The summed E-state index contributed by atoms with van der Waals surface area (Å²) in [5.74, 6) is 0.804. The second-order valence-electron chi connectivity index (χ2n) is 6.98. The lowest BCUT2D eigenvalue weighted by Crippen LogP contribution is -2.22. The zero-order valence-corrected chi connectivity index (χ0v) is 16.6. The molecule has 29 heavy (non-hydrogen) atoms. The maximum atomic E-state index is 12.8. The molecule has 4 nitrogen and oxygen atoms in total. The third kappa shape index (κ3) is 3.41. The highest BCUT2D eigenvalue weighted by atomic mass is 32.1. The standard InChI is InChI=1S/C24H18N2O2S/c1-16-5-4-6-18(13-16)15-28-19-11-9-17(10-12-19)14-22-23(27)26-21-8-3-2-7-20(21)25-24(26)29-22/h2-14H,15H2,1H3/b22-14-. The smallest absolute Gasteiger partial charge is 0.274 e. The van der Waals surface area contributed by atoms with Crippen molar-refractivity contribution in [3.05, 3.63) is 104 Å². The average Bonchev–Trinajstić information content (AvgIpc) is 3.24. The largest absolute Gasteiger partial charge is 0.489 e. The Morgan fingerprint density at radius 1 is 1.03 bits per heavy atom. The van der Waals surface area contributed by atoms with Gasteiger partial charge in [-0.3, -0.25) is 4.79 Å². The first-order valence-electron chi connectivity index (χ1n) is 9.37. The van der Waals surface area contributed by atoms with Gasteiger partial charge in [-0.1, -0.05) is 65.4 Å². The summed E-state index contributed by atoms with van der Waals surface area (Å²) in [6.45, 7) is 2.60. The highest BCUT2D eigenvalue weighted by Crippen LogP contribution is 2.17. The average molecular weight is 398 g/mol. The molecule has 0 bridgehead atoms. The predicted octanol–water partition coefficient (Wildman–Crippen LogP) is 4.34. The van der Waals surface area contributed by atoms with Crippen LogP contribution in [0.2, 0.25) is 0 Å². The van der Waals surface area contributed by atoms with Gasteiger partial charge in [0.2, 0.25) is 0 Å². The van der Waals surface area contributed by atoms with E-state index in [0.29, 0.717) is 11.1 Å². The van der Waals surface area contributed by atoms with Crippen molar-refractivity contribution in [1.29, 1.82) is 0 Å². The van der Waals surface area contributed by atoms with E-state index in [2.05, 4.69) is 30.1 Å². The molecule has 0 amide bonds. The minimum absolute atomic E-state index is 0.0292. The molecule has 0 aliphatic carbocycles. The van der Waals surface area contributed by atoms with Gasteiger partial charge in [0.05, 0.1) is 15.6 Å². The van der Waals surface area contributed by atoms with Gasteiger partial charge in [-0.2, -0.15) is 0 Å². The van der Waals surface area contributed by atoms with E-state index in [4.69, 9.17) is 4.74 Å². The topological polar surface area (TPSA) is 43.6 Å². The van der Waals surface area contributed by atoms with Crippen LogP contribution in [-0.2, 0) is 6.61 Å². The third-order valence-corrected chi connectivity index (χ3v) is 5.78. The maximum Gasteiger partial charge on any atom is 0.274 e. The summed E-state index contributed by atoms with van der Waals surface area (Å²) in [4.78, 5) is 18.1. The molecule has 0 fully saturated rings. The summed E-state index contributed by atoms with van der Waals surface area (Å²) in [7, 11) is 0. The second-order valence-corrected chi connectivity index (χ2v) is 7.99. The molecule has 142 valence electrons. The number of thiazole rings is 1. The Balaban J connectivity index is 1.41. The van der Waals surface area contributed by atoms with Crippen LogP contribution in [0, 0.1) is 6.92 Å². The van der Waals surface area contributed by atoms with E-state index in [9.17, 15) is 4.79 Å². The van der Waals surface area contributed by atoms with Gasteiger partial charge in [0, 0.05) is 0 Å². The Bertz CT molecular complexity index is 1430. The fraction of sp³-hybridized carbons (Fsp3) is 0.0833. The summed E-state index contributed by atoms with van der Waals surface area (Å²) in [6.07, 6.45) is 1.90. The number of hydrogen-bond donors (Lipinski definition) is 0. The number of para-hydroxylation sites is 2. The minimum Gasteiger partial charge on any atom is -0.489 e. The molecule has 0 aliphatic rings. The first-order valence-corrected chi connectivity index (χ1v) is 10.2. The summed E-state index contributed by atoms with van der Waals surface area (Å²) < 4.78 is 8.23. The van der Waals surface area contributed by atoms with Crippen LogP contribution in [0.3, 0.4) is 0 Å². The van der Waals surface area contributed by atoms with Crippen LogP contribution in [0.1, 0.15) is 16.7 Å². The van der Waals surface area contributed by atoms with Crippen molar-refractivity contribution in [3.63, 3.8) is 0 Å². The number of aromatic nitrogens is 2. The minimum atomic E-state index is -0.0292. The lowest BCUT2D eigenvalue weighted by Gasteiger charge is -2.07. The molecule has 0 spiro atoms. The zero-order chi connectivity index (χ0) is 19.8. The van der Waals surface area contributed by atoms with E-state index in [1.807, 2.05) is 60.7 Å². The molecule has 0 radical (unpaired) electrons. The van der Waals surface area contributed by atoms with E-state index >= 15 is 0 Å². The van der Waals surface area contributed by atoms with E-state index in [-0.39, 0.29) is 5.56 Å². The van der Waals surface area contributed by atoms with Crippen LogP contribution in [-0.4, -0.2) is 9.38 Å². The van der Waals surface area contributed by atoms with E-state index in [1.165, 1.54) is 16.9 Å². The van der Waals surface area contributed by atoms with Crippen molar-refractivity contribution in [3.8, 4) is 5.75 Å². The number of nitrogens with zero attached hydrogens (tertiary/aromatic N) is 2. The van der Waals surface area contributed by atoms with Gasteiger partial charge < -0.3 is 4.74 Å². The van der Waals surface area contributed by atoms with Crippen LogP contribution in [0.4, 0.5) is 0 Å².